The summed E-state index contributed by atoms with van der Waals surface area (Å²) in [5.74, 6) is -0.0296. The van der Waals surface area contributed by atoms with Gasteiger partial charge in [0, 0.05) is 19.0 Å². The van der Waals surface area contributed by atoms with Crippen molar-refractivity contribution in [2.75, 3.05) is 7.05 Å². The summed E-state index contributed by atoms with van der Waals surface area (Å²) in [4.78, 5) is 19.1. The number of hydrogen-bond donors (Lipinski definition) is 0. The molecule has 1 unspecified atom stereocenters. The van der Waals surface area contributed by atoms with Crippen LogP contribution in [0, 0.1) is 6.92 Å². The van der Waals surface area contributed by atoms with Crippen molar-refractivity contribution in [2.45, 2.75) is 26.5 Å². The molecule has 1 aliphatic heterocycles. The number of benzene rings is 1. The predicted molar refractivity (Wildman–Crippen MR) is 65.9 cm³/mol. The first-order valence-corrected chi connectivity index (χ1v) is 5.61. The fraction of sp³-hybridized carbons (Fsp3) is 0.385. The normalized spacial score (nSPS) is 18.5. The Morgan fingerprint density at radius 3 is 2.71 bits per heavy atom. The SMILES string of the molecule is CC1=NOC(N(C)C(=O)c2ccccc2C)C1. The smallest absolute Gasteiger partial charge is 0.256 e. The van der Waals surface area contributed by atoms with Crippen LogP contribution >= 0.6 is 0 Å². The van der Waals surface area contributed by atoms with E-state index in [1.807, 2.05) is 38.1 Å². The van der Waals surface area contributed by atoms with Gasteiger partial charge in [0.25, 0.3) is 5.91 Å². The highest BCUT2D eigenvalue weighted by Gasteiger charge is 2.27. The first-order valence-electron chi connectivity index (χ1n) is 5.61. The third-order valence-electron chi connectivity index (χ3n) is 2.93. The Balaban J connectivity index is 2.13. The third kappa shape index (κ3) is 2.30. The topological polar surface area (TPSA) is 41.9 Å². The van der Waals surface area contributed by atoms with Crippen LogP contribution in [0.1, 0.15) is 29.3 Å². The minimum atomic E-state index is -0.276. The number of carbonyl (C=O) groups is 1. The van der Waals surface area contributed by atoms with E-state index in [9.17, 15) is 4.79 Å². The first-order chi connectivity index (χ1) is 8.09. The van der Waals surface area contributed by atoms with E-state index < -0.39 is 0 Å². The van der Waals surface area contributed by atoms with Crippen molar-refractivity contribution in [3.05, 3.63) is 35.4 Å². The Hall–Kier alpha value is -1.84. The lowest BCUT2D eigenvalue weighted by Gasteiger charge is -2.22. The molecule has 0 spiro atoms. The molecule has 1 amide bonds. The van der Waals surface area contributed by atoms with E-state index in [1.54, 1.807) is 11.9 Å². The zero-order valence-corrected chi connectivity index (χ0v) is 10.3. The van der Waals surface area contributed by atoms with Gasteiger partial charge in [-0.05, 0) is 25.5 Å². The Morgan fingerprint density at radius 1 is 1.41 bits per heavy atom. The van der Waals surface area contributed by atoms with Crippen molar-refractivity contribution >= 4 is 11.6 Å². The Morgan fingerprint density at radius 2 is 2.12 bits per heavy atom. The summed E-state index contributed by atoms with van der Waals surface area (Å²) in [6.45, 7) is 3.82. The quantitative estimate of drug-likeness (QED) is 0.784. The van der Waals surface area contributed by atoms with Gasteiger partial charge in [0.1, 0.15) is 0 Å². The Labute approximate surface area is 101 Å². The van der Waals surface area contributed by atoms with Crippen LogP contribution in [0.2, 0.25) is 0 Å². The first kappa shape index (κ1) is 11.6. The number of hydrogen-bond acceptors (Lipinski definition) is 3. The van der Waals surface area contributed by atoms with Crippen LogP contribution in [0.15, 0.2) is 29.4 Å². The van der Waals surface area contributed by atoms with E-state index in [1.165, 1.54) is 0 Å². The van der Waals surface area contributed by atoms with Crippen LogP contribution in [0.5, 0.6) is 0 Å². The molecule has 0 saturated carbocycles. The number of amides is 1. The molecule has 1 atom stereocenters. The van der Waals surface area contributed by atoms with Crippen LogP contribution < -0.4 is 0 Å². The summed E-state index contributed by atoms with van der Waals surface area (Å²) in [5.41, 5.74) is 2.60. The highest BCUT2D eigenvalue weighted by Crippen LogP contribution is 2.17. The molecule has 4 heteroatoms. The molecule has 1 aromatic carbocycles. The van der Waals surface area contributed by atoms with E-state index >= 15 is 0 Å². The molecular weight excluding hydrogens is 216 g/mol. The maximum Gasteiger partial charge on any atom is 0.256 e. The fourth-order valence-electron chi connectivity index (χ4n) is 1.82. The molecule has 1 aliphatic rings. The lowest BCUT2D eigenvalue weighted by molar-refractivity contribution is -0.0146. The van der Waals surface area contributed by atoms with E-state index in [-0.39, 0.29) is 12.1 Å². The van der Waals surface area contributed by atoms with Gasteiger partial charge in [0.2, 0.25) is 6.23 Å². The van der Waals surface area contributed by atoms with Crippen molar-refractivity contribution in [2.24, 2.45) is 5.16 Å². The zero-order chi connectivity index (χ0) is 12.4. The summed E-state index contributed by atoms with van der Waals surface area (Å²) in [7, 11) is 1.74. The van der Waals surface area contributed by atoms with Crippen molar-refractivity contribution in [3.8, 4) is 0 Å². The predicted octanol–water partition coefficient (Wildman–Crippen LogP) is 2.19. The molecule has 0 N–H and O–H groups in total. The second-order valence-corrected chi connectivity index (χ2v) is 4.32. The summed E-state index contributed by atoms with van der Waals surface area (Å²) in [5, 5.41) is 3.86. The zero-order valence-electron chi connectivity index (χ0n) is 10.3. The molecule has 1 aromatic rings. The van der Waals surface area contributed by atoms with Gasteiger partial charge in [0.15, 0.2) is 0 Å². The molecule has 0 fully saturated rings. The van der Waals surface area contributed by atoms with Gasteiger partial charge in [-0.1, -0.05) is 23.4 Å². The fourth-order valence-corrected chi connectivity index (χ4v) is 1.82. The van der Waals surface area contributed by atoms with Gasteiger partial charge < -0.3 is 9.74 Å². The van der Waals surface area contributed by atoms with E-state index in [4.69, 9.17) is 4.84 Å². The third-order valence-corrected chi connectivity index (χ3v) is 2.93. The molecule has 0 radical (unpaired) electrons. The van der Waals surface area contributed by atoms with Crippen LogP contribution in [0.25, 0.3) is 0 Å². The van der Waals surface area contributed by atoms with E-state index in [2.05, 4.69) is 5.16 Å². The van der Waals surface area contributed by atoms with Gasteiger partial charge in [0.05, 0.1) is 5.71 Å². The second kappa shape index (κ2) is 4.57. The average Bonchev–Trinajstić information content (AvgIpc) is 2.75. The number of carbonyl (C=O) groups excluding carboxylic acids is 1. The Kier molecular flexibility index (Phi) is 3.13. The van der Waals surface area contributed by atoms with Crippen molar-refractivity contribution in [1.82, 2.24) is 4.90 Å². The van der Waals surface area contributed by atoms with Gasteiger partial charge in [-0.2, -0.15) is 0 Å². The number of oxime groups is 1. The minimum Gasteiger partial charge on any atom is -0.370 e. The van der Waals surface area contributed by atoms with Crippen LogP contribution in [-0.2, 0) is 4.84 Å². The highest BCUT2D eigenvalue weighted by molar-refractivity contribution is 5.96. The van der Waals surface area contributed by atoms with Crippen molar-refractivity contribution in [1.29, 1.82) is 0 Å². The molecule has 0 bridgehead atoms. The van der Waals surface area contributed by atoms with Crippen LogP contribution in [0.4, 0.5) is 0 Å². The molecule has 4 nitrogen and oxygen atoms in total. The molecule has 1 heterocycles. The summed E-state index contributed by atoms with van der Waals surface area (Å²) in [6, 6.07) is 7.55. The summed E-state index contributed by atoms with van der Waals surface area (Å²) < 4.78 is 0. The summed E-state index contributed by atoms with van der Waals surface area (Å²) in [6.07, 6.45) is 0.399. The molecule has 0 saturated heterocycles. The number of aryl methyl sites for hydroxylation is 1. The lowest BCUT2D eigenvalue weighted by Crippen LogP contribution is -2.37. The maximum atomic E-state index is 12.3. The number of nitrogens with zero attached hydrogens (tertiary/aromatic N) is 2. The van der Waals surface area contributed by atoms with Gasteiger partial charge in [-0.15, -0.1) is 0 Å². The molecule has 2 rings (SSSR count). The molecule has 0 aliphatic carbocycles. The van der Waals surface area contributed by atoms with Gasteiger partial charge >= 0.3 is 0 Å². The van der Waals surface area contributed by atoms with E-state index in [0.717, 1.165) is 11.3 Å². The summed E-state index contributed by atoms with van der Waals surface area (Å²) >= 11 is 0. The van der Waals surface area contributed by atoms with Crippen molar-refractivity contribution in [3.63, 3.8) is 0 Å². The highest BCUT2D eigenvalue weighted by atomic mass is 16.7. The molecular formula is C13H16N2O2. The second-order valence-electron chi connectivity index (χ2n) is 4.32. The molecule has 17 heavy (non-hydrogen) atoms. The van der Waals surface area contributed by atoms with Crippen molar-refractivity contribution < 1.29 is 9.63 Å². The van der Waals surface area contributed by atoms with Gasteiger partial charge in [-0.3, -0.25) is 4.79 Å². The van der Waals surface area contributed by atoms with E-state index in [0.29, 0.717) is 12.0 Å². The van der Waals surface area contributed by atoms with Crippen LogP contribution in [0.3, 0.4) is 0 Å². The lowest BCUT2D eigenvalue weighted by atomic mass is 10.1. The standard InChI is InChI=1S/C13H16N2O2/c1-9-6-4-5-7-11(9)13(16)15(3)12-8-10(2)14-17-12/h4-7,12H,8H2,1-3H3. The minimum absolute atomic E-state index is 0.0296. The van der Waals surface area contributed by atoms with Gasteiger partial charge in [-0.25, -0.2) is 0 Å². The monoisotopic (exact) mass is 232 g/mol. The maximum absolute atomic E-state index is 12.3. The average molecular weight is 232 g/mol. The largest absolute Gasteiger partial charge is 0.370 e. The Bertz CT molecular complexity index is 468. The van der Waals surface area contributed by atoms with Crippen LogP contribution in [-0.4, -0.2) is 29.8 Å². The molecule has 0 aromatic heterocycles. The number of rotatable bonds is 2. The molecule has 90 valence electrons.